The van der Waals surface area contributed by atoms with Crippen molar-refractivity contribution in [3.63, 3.8) is 0 Å². The number of anilines is 3. The highest BCUT2D eigenvalue weighted by Gasteiger charge is 2.12. The predicted molar refractivity (Wildman–Crippen MR) is 77.8 cm³/mol. The van der Waals surface area contributed by atoms with Crippen LogP contribution in [0.25, 0.3) is 0 Å². The number of nitrogens with zero attached hydrogens (tertiary/aromatic N) is 3. The summed E-state index contributed by atoms with van der Waals surface area (Å²) in [6.07, 6.45) is 3.84. The first-order valence-corrected chi connectivity index (χ1v) is 6.82. The summed E-state index contributed by atoms with van der Waals surface area (Å²) in [7, 11) is 0. The monoisotopic (exact) mass is 254 g/mol. The minimum atomic E-state index is 0.784. The van der Waals surface area contributed by atoms with Crippen LogP contribution in [0, 0.1) is 0 Å². The zero-order chi connectivity index (χ0) is 12.9. The van der Waals surface area contributed by atoms with E-state index >= 15 is 0 Å². The van der Waals surface area contributed by atoms with Crippen molar-refractivity contribution in [2.24, 2.45) is 0 Å². The topological polar surface area (TPSA) is 41.0 Å². The van der Waals surface area contributed by atoms with Crippen molar-refractivity contribution in [3.05, 3.63) is 42.5 Å². The summed E-state index contributed by atoms with van der Waals surface area (Å²) >= 11 is 0. The zero-order valence-electron chi connectivity index (χ0n) is 10.9. The number of benzene rings is 1. The van der Waals surface area contributed by atoms with Crippen LogP contribution in [0.1, 0.15) is 19.3 Å². The van der Waals surface area contributed by atoms with Crippen LogP contribution in [-0.4, -0.2) is 23.3 Å². The molecular weight excluding hydrogens is 236 g/mol. The zero-order valence-corrected chi connectivity index (χ0v) is 10.9. The van der Waals surface area contributed by atoms with E-state index in [9.17, 15) is 0 Å². The molecule has 19 heavy (non-hydrogen) atoms. The van der Waals surface area contributed by atoms with Gasteiger partial charge in [-0.1, -0.05) is 18.2 Å². The molecular formula is C15H18N4. The lowest BCUT2D eigenvalue weighted by molar-refractivity contribution is 0.571. The molecule has 4 nitrogen and oxygen atoms in total. The van der Waals surface area contributed by atoms with Gasteiger partial charge in [-0.05, 0) is 43.5 Å². The summed E-state index contributed by atoms with van der Waals surface area (Å²) in [6.45, 7) is 2.19. The first kappa shape index (κ1) is 12.0. The Morgan fingerprint density at radius 3 is 2.32 bits per heavy atom. The molecule has 1 saturated heterocycles. The number of piperidine rings is 1. The predicted octanol–water partition coefficient (Wildman–Crippen LogP) is 3.21. The van der Waals surface area contributed by atoms with Gasteiger partial charge in [-0.2, -0.15) is 0 Å². The van der Waals surface area contributed by atoms with Crippen LogP contribution in [0.2, 0.25) is 0 Å². The fourth-order valence-corrected chi connectivity index (χ4v) is 2.35. The molecule has 2 heterocycles. The van der Waals surface area contributed by atoms with E-state index in [1.165, 1.54) is 19.3 Å². The Balaban J connectivity index is 1.68. The van der Waals surface area contributed by atoms with E-state index in [0.29, 0.717) is 0 Å². The third kappa shape index (κ3) is 3.02. The largest absolute Gasteiger partial charge is 0.355 e. The van der Waals surface area contributed by atoms with E-state index in [1.807, 2.05) is 42.5 Å². The molecule has 0 amide bonds. The van der Waals surface area contributed by atoms with Crippen LogP contribution in [0.15, 0.2) is 42.5 Å². The molecule has 0 saturated carbocycles. The van der Waals surface area contributed by atoms with E-state index < -0.39 is 0 Å². The normalized spacial score (nSPS) is 15.3. The minimum absolute atomic E-state index is 0.784. The van der Waals surface area contributed by atoms with E-state index in [0.717, 1.165) is 30.4 Å². The Labute approximate surface area is 113 Å². The van der Waals surface area contributed by atoms with Gasteiger partial charge in [0.05, 0.1) is 0 Å². The first-order valence-electron chi connectivity index (χ1n) is 6.82. The Kier molecular flexibility index (Phi) is 3.58. The second-order valence-corrected chi connectivity index (χ2v) is 4.82. The van der Waals surface area contributed by atoms with Crippen molar-refractivity contribution in [1.82, 2.24) is 10.2 Å². The van der Waals surface area contributed by atoms with Crippen molar-refractivity contribution in [2.45, 2.75) is 19.3 Å². The van der Waals surface area contributed by atoms with Crippen LogP contribution in [0.3, 0.4) is 0 Å². The van der Waals surface area contributed by atoms with E-state index in [1.54, 1.807) is 0 Å². The van der Waals surface area contributed by atoms with Gasteiger partial charge >= 0.3 is 0 Å². The molecule has 1 fully saturated rings. The molecule has 98 valence electrons. The van der Waals surface area contributed by atoms with Gasteiger partial charge < -0.3 is 10.2 Å². The Bertz CT molecular complexity index is 503. The summed E-state index contributed by atoms with van der Waals surface area (Å²) in [4.78, 5) is 2.31. The summed E-state index contributed by atoms with van der Waals surface area (Å²) in [6, 6.07) is 14.1. The standard InChI is InChI=1S/C15H18N4/c1-3-7-13(8-4-1)16-14-9-10-15(18-17-14)19-11-5-2-6-12-19/h1,3-4,7-10H,2,5-6,11-12H2,(H,16,17). The lowest BCUT2D eigenvalue weighted by atomic mass is 10.1. The van der Waals surface area contributed by atoms with Crippen molar-refractivity contribution >= 4 is 17.3 Å². The molecule has 0 spiro atoms. The van der Waals surface area contributed by atoms with Crippen molar-refractivity contribution < 1.29 is 0 Å². The molecule has 3 rings (SSSR count). The van der Waals surface area contributed by atoms with Crippen LogP contribution in [-0.2, 0) is 0 Å². The number of rotatable bonds is 3. The summed E-state index contributed by atoms with van der Waals surface area (Å²) in [5.41, 5.74) is 1.03. The highest BCUT2D eigenvalue weighted by atomic mass is 15.3. The van der Waals surface area contributed by atoms with Gasteiger partial charge in [-0.3, -0.25) is 0 Å². The maximum atomic E-state index is 4.31. The van der Waals surface area contributed by atoms with Gasteiger partial charge in [-0.25, -0.2) is 0 Å². The second-order valence-electron chi connectivity index (χ2n) is 4.82. The smallest absolute Gasteiger partial charge is 0.153 e. The fourth-order valence-electron chi connectivity index (χ4n) is 2.35. The van der Waals surface area contributed by atoms with Crippen LogP contribution in [0.4, 0.5) is 17.3 Å². The fraction of sp³-hybridized carbons (Fsp3) is 0.333. The summed E-state index contributed by atoms with van der Waals surface area (Å²) in [5, 5.41) is 11.8. The van der Waals surface area contributed by atoms with Crippen molar-refractivity contribution in [3.8, 4) is 0 Å². The third-order valence-corrected chi connectivity index (χ3v) is 3.38. The van der Waals surface area contributed by atoms with Gasteiger partial charge in [0.2, 0.25) is 0 Å². The molecule has 0 aliphatic carbocycles. The number of hydrogen-bond donors (Lipinski definition) is 1. The molecule has 2 aromatic rings. The Hall–Kier alpha value is -2.10. The van der Waals surface area contributed by atoms with Crippen LogP contribution < -0.4 is 10.2 Å². The van der Waals surface area contributed by atoms with E-state index in [2.05, 4.69) is 20.4 Å². The third-order valence-electron chi connectivity index (χ3n) is 3.38. The molecule has 1 aliphatic rings. The van der Waals surface area contributed by atoms with Gasteiger partial charge in [0, 0.05) is 18.8 Å². The molecule has 1 aromatic carbocycles. The highest BCUT2D eigenvalue weighted by Crippen LogP contribution is 2.19. The molecule has 0 atom stereocenters. The number of nitrogens with one attached hydrogen (secondary N) is 1. The first-order chi connectivity index (χ1) is 9.42. The number of hydrogen-bond acceptors (Lipinski definition) is 4. The molecule has 4 heteroatoms. The quantitative estimate of drug-likeness (QED) is 0.913. The molecule has 0 bridgehead atoms. The van der Waals surface area contributed by atoms with Crippen molar-refractivity contribution in [2.75, 3.05) is 23.3 Å². The average molecular weight is 254 g/mol. The summed E-state index contributed by atoms with van der Waals surface area (Å²) < 4.78 is 0. The lowest BCUT2D eigenvalue weighted by Crippen LogP contribution is -2.30. The Morgan fingerprint density at radius 1 is 0.842 bits per heavy atom. The van der Waals surface area contributed by atoms with Gasteiger partial charge in [0.15, 0.2) is 11.6 Å². The molecule has 0 unspecified atom stereocenters. The molecule has 0 radical (unpaired) electrons. The summed E-state index contributed by atoms with van der Waals surface area (Å²) in [5.74, 6) is 1.77. The number of aromatic nitrogens is 2. The van der Waals surface area contributed by atoms with Gasteiger partial charge in [-0.15, -0.1) is 10.2 Å². The van der Waals surface area contributed by atoms with Gasteiger partial charge in [0.25, 0.3) is 0 Å². The van der Waals surface area contributed by atoms with Gasteiger partial charge in [0.1, 0.15) is 0 Å². The minimum Gasteiger partial charge on any atom is -0.355 e. The molecule has 1 aliphatic heterocycles. The maximum absolute atomic E-state index is 4.31. The average Bonchev–Trinajstić information content (AvgIpc) is 2.50. The van der Waals surface area contributed by atoms with Crippen LogP contribution >= 0.6 is 0 Å². The van der Waals surface area contributed by atoms with E-state index in [4.69, 9.17) is 0 Å². The number of para-hydroxylation sites is 1. The maximum Gasteiger partial charge on any atom is 0.153 e. The highest BCUT2D eigenvalue weighted by molar-refractivity contribution is 5.56. The van der Waals surface area contributed by atoms with E-state index in [-0.39, 0.29) is 0 Å². The molecule has 1 aromatic heterocycles. The lowest BCUT2D eigenvalue weighted by Gasteiger charge is -2.27. The van der Waals surface area contributed by atoms with Crippen LogP contribution in [0.5, 0.6) is 0 Å². The van der Waals surface area contributed by atoms with Crippen molar-refractivity contribution in [1.29, 1.82) is 0 Å². The Morgan fingerprint density at radius 2 is 1.63 bits per heavy atom. The SMILES string of the molecule is c1ccc(Nc2ccc(N3CCCCC3)nn2)cc1. The molecule has 1 N–H and O–H groups in total. The second kappa shape index (κ2) is 5.69.